The molecule has 0 saturated carbocycles. The summed E-state index contributed by atoms with van der Waals surface area (Å²) in [5.41, 5.74) is 2.49. The normalized spacial score (nSPS) is 13.8. The van der Waals surface area contributed by atoms with E-state index in [1.165, 1.54) is 4.31 Å². The van der Waals surface area contributed by atoms with Crippen LogP contribution in [0.1, 0.15) is 23.6 Å². The van der Waals surface area contributed by atoms with Gasteiger partial charge in [-0.1, -0.05) is 6.07 Å². The van der Waals surface area contributed by atoms with E-state index in [1.807, 2.05) is 26.8 Å². The number of hydrogen-bond acceptors (Lipinski definition) is 3. The molecule has 0 N–H and O–H groups in total. The largest absolute Gasteiger partial charge is 0.383 e. The van der Waals surface area contributed by atoms with E-state index in [0.717, 1.165) is 16.7 Å². The number of halogens is 1. The second-order valence-electron chi connectivity index (χ2n) is 5.00. The summed E-state index contributed by atoms with van der Waals surface area (Å²) in [5, 5.41) is 0. The molecule has 4 nitrogen and oxygen atoms in total. The Balaban J connectivity index is 3.31. The highest BCUT2D eigenvalue weighted by atomic mass is 35.5. The summed E-state index contributed by atoms with van der Waals surface area (Å²) in [7, 11) is -0.425. The summed E-state index contributed by atoms with van der Waals surface area (Å²) in [5.74, 6) is 0.293. The molecule has 20 heavy (non-hydrogen) atoms. The third-order valence-corrected chi connectivity index (χ3v) is 5.93. The van der Waals surface area contributed by atoms with Crippen molar-refractivity contribution in [3.63, 3.8) is 0 Å². The summed E-state index contributed by atoms with van der Waals surface area (Å²) in [4.78, 5) is 0.318. The minimum absolute atomic E-state index is 0.232. The number of alkyl halides is 1. The molecule has 1 unspecified atom stereocenters. The van der Waals surface area contributed by atoms with Crippen LogP contribution < -0.4 is 0 Å². The monoisotopic (exact) mass is 319 g/mol. The topological polar surface area (TPSA) is 46.6 Å². The van der Waals surface area contributed by atoms with Crippen molar-refractivity contribution in [3.05, 3.63) is 28.8 Å². The van der Waals surface area contributed by atoms with Crippen LogP contribution in [0.25, 0.3) is 0 Å². The Morgan fingerprint density at radius 1 is 1.35 bits per heavy atom. The van der Waals surface area contributed by atoms with Crippen LogP contribution in [0.5, 0.6) is 0 Å². The highest BCUT2D eigenvalue weighted by Crippen LogP contribution is 2.25. The fourth-order valence-electron chi connectivity index (χ4n) is 1.98. The molecule has 0 heterocycles. The SMILES string of the molecule is COCC(C)N(C)S(=O)(=O)c1cc(CCl)cc(C)c1C. The molecule has 0 aliphatic heterocycles. The van der Waals surface area contributed by atoms with Crippen LogP contribution in [0.2, 0.25) is 0 Å². The van der Waals surface area contributed by atoms with E-state index in [-0.39, 0.29) is 6.04 Å². The van der Waals surface area contributed by atoms with Gasteiger partial charge in [-0.2, -0.15) is 4.31 Å². The van der Waals surface area contributed by atoms with Crippen LogP contribution >= 0.6 is 11.6 Å². The predicted molar refractivity (Wildman–Crippen MR) is 81.8 cm³/mol. The summed E-state index contributed by atoms with van der Waals surface area (Å²) in [6.07, 6.45) is 0. The van der Waals surface area contributed by atoms with E-state index in [2.05, 4.69) is 0 Å². The molecule has 0 saturated heterocycles. The highest BCUT2D eigenvalue weighted by Gasteiger charge is 2.27. The Morgan fingerprint density at radius 3 is 2.45 bits per heavy atom. The molecule has 1 rings (SSSR count). The standard InChI is InChI=1S/C14H22ClNO3S/c1-10-6-13(8-15)7-14(12(10)3)20(17,18)16(4)11(2)9-19-5/h6-7,11H,8-9H2,1-5H3. The summed E-state index contributed by atoms with van der Waals surface area (Å²) in [6, 6.07) is 3.34. The molecular formula is C14H22ClNO3S. The van der Waals surface area contributed by atoms with Crippen LogP contribution in [-0.2, 0) is 20.6 Å². The molecule has 0 bridgehead atoms. The molecule has 6 heteroatoms. The number of rotatable bonds is 6. The van der Waals surface area contributed by atoms with Crippen molar-refractivity contribution >= 4 is 21.6 Å². The Labute approximate surface area is 126 Å². The number of methoxy groups -OCH3 is 1. The summed E-state index contributed by atoms with van der Waals surface area (Å²) >= 11 is 5.84. The van der Waals surface area contributed by atoms with Gasteiger partial charge in [-0.05, 0) is 43.5 Å². The highest BCUT2D eigenvalue weighted by molar-refractivity contribution is 7.89. The zero-order valence-electron chi connectivity index (χ0n) is 12.6. The Hall–Kier alpha value is -0.620. The Bertz CT molecular complexity index is 572. The average molecular weight is 320 g/mol. The van der Waals surface area contributed by atoms with Crippen LogP contribution in [0.4, 0.5) is 0 Å². The van der Waals surface area contributed by atoms with Gasteiger partial charge in [-0.15, -0.1) is 11.6 Å². The second kappa shape index (κ2) is 6.89. The van der Waals surface area contributed by atoms with Crippen LogP contribution in [-0.4, -0.2) is 39.5 Å². The molecule has 0 amide bonds. The number of benzene rings is 1. The molecule has 1 aromatic rings. The fourth-order valence-corrected chi connectivity index (χ4v) is 3.83. The van der Waals surface area contributed by atoms with Gasteiger partial charge in [0, 0.05) is 26.1 Å². The number of nitrogens with zero attached hydrogens (tertiary/aromatic N) is 1. The van der Waals surface area contributed by atoms with Crippen molar-refractivity contribution in [2.24, 2.45) is 0 Å². The number of aryl methyl sites for hydroxylation is 1. The molecule has 0 radical (unpaired) electrons. The van der Waals surface area contributed by atoms with E-state index in [1.54, 1.807) is 20.2 Å². The quantitative estimate of drug-likeness (QED) is 0.757. The summed E-state index contributed by atoms with van der Waals surface area (Å²) < 4.78 is 31.8. The number of likely N-dealkylation sites (N-methyl/N-ethyl adjacent to an activating group) is 1. The fraction of sp³-hybridized carbons (Fsp3) is 0.571. The molecule has 0 aliphatic rings. The van der Waals surface area contributed by atoms with Gasteiger partial charge in [-0.25, -0.2) is 8.42 Å². The van der Waals surface area contributed by atoms with Crippen molar-refractivity contribution in [1.82, 2.24) is 4.31 Å². The third kappa shape index (κ3) is 3.52. The smallest absolute Gasteiger partial charge is 0.243 e. The van der Waals surface area contributed by atoms with Gasteiger partial charge in [0.25, 0.3) is 0 Å². The first-order valence-electron chi connectivity index (χ1n) is 6.38. The van der Waals surface area contributed by atoms with E-state index in [4.69, 9.17) is 16.3 Å². The maximum Gasteiger partial charge on any atom is 0.243 e. The average Bonchev–Trinajstić information content (AvgIpc) is 2.40. The molecule has 0 spiro atoms. The van der Waals surface area contributed by atoms with Gasteiger partial charge < -0.3 is 4.74 Å². The van der Waals surface area contributed by atoms with Gasteiger partial charge >= 0.3 is 0 Å². The minimum Gasteiger partial charge on any atom is -0.383 e. The molecule has 0 fully saturated rings. The van der Waals surface area contributed by atoms with Crippen molar-refractivity contribution in [3.8, 4) is 0 Å². The lowest BCUT2D eigenvalue weighted by atomic mass is 10.1. The van der Waals surface area contributed by atoms with E-state index < -0.39 is 10.0 Å². The maximum absolute atomic E-state index is 12.7. The van der Waals surface area contributed by atoms with Crippen molar-refractivity contribution in [2.45, 2.75) is 37.6 Å². The van der Waals surface area contributed by atoms with Gasteiger partial charge in [0.05, 0.1) is 11.5 Å². The lowest BCUT2D eigenvalue weighted by Crippen LogP contribution is -2.38. The third-order valence-electron chi connectivity index (χ3n) is 3.52. The van der Waals surface area contributed by atoms with Crippen LogP contribution in [0, 0.1) is 13.8 Å². The zero-order valence-corrected chi connectivity index (χ0v) is 14.2. The minimum atomic E-state index is -3.55. The first-order chi connectivity index (χ1) is 9.25. The van der Waals surface area contributed by atoms with Crippen molar-refractivity contribution in [1.29, 1.82) is 0 Å². The second-order valence-corrected chi connectivity index (χ2v) is 7.23. The molecule has 1 atom stereocenters. The summed E-state index contributed by atoms with van der Waals surface area (Å²) in [6.45, 7) is 5.87. The molecule has 1 aromatic carbocycles. The maximum atomic E-state index is 12.7. The molecular weight excluding hydrogens is 298 g/mol. The van der Waals surface area contributed by atoms with Crippen molar-refractivity contribution in [2.75, 3.05) is 20.8 Å². The van der Waals surface area contributed by atoms with E-state index >= 15 is 0 Å². The van der Waals surface area contributed by atoms with Gasteiger partial charge in [0.2, 0.25) is 10.0 Å². The lowest BCUT2D eigenvalue weighted by molar-refractivity contribution is 0.149. The van der Waals surface area contributed by atoms with E-state index in [9.17, 15) is 8.42 Å². The number of ether oxygens (including phenoxy) is 1. The first-order valence-corrected chi connectivity index (χ1v) is 8.36. The number of sulfonamides is 1. The number of hydrogen-bond donors (Lipinski definition) is 0. The van der Waals surface area contributed by atoms with Crippen molar-refractivity contribution < 1.29 is 13.2 Å². The van der Waals surface area contributed by atoms with Gasteiger partial charge in [0.1, 0.15) is 0 Å². The van der Waals surface area contributed by atoms with Crippen LogP contribution in [0.3, 0.4) is 0 Å². The molecule has 114 valence electrons. The zero-order chi connectivity index (χ0) is 15.5. The Kier molecular flexibility index (Phi) is 6.01. The first kappa shape index (κ1) is 17.4. The lowest BCUT2D eigenvalue weighted by Gasteiger charge is -2.25. The van der Waals surface area contributed by atoms with Gasteiger partial charge in [0.15, 0.2) is 0 Å². The molecule has 0 aromatic heterocycles. The molecule has 0 aliphatic carbocycles. The van der Waals surface area contributed by atoms with E-state index in [0.29, 0.717) is 17.4 Å². The predicted octanol–water partition coefficient (Wildman–Crippen LogP) is 2.70. The Morgan fingerprint density at radius 2 is 1.95 bits per heavy atom. The van der Waals surface area contributed by atoms with Crippen LogP contribution in [0.15, 0.2) is 17.0 Å². The van der Waals surface area contributed by atoms with Gasteiger partial charge in [-0.3, -0.25) is 0 Å².